The first-order chi connectivity index (χ1) is 12.7. The second-order valence-electron chi connectivity index (χ2n) is 8.47. The molecule has 27 heavy (non-hydrogen) atoms. The van der Waals surface area contributed by atoms with Crippen LogP contribution in [0.4, 0.5) is 5.69 Å². The molecule has 0 radical (unpaired) electrons. The van der Waals surface area contributed by atoms with E-state index in [1.165, 1.54) is 0 Å². The van der Waals surface area contributed by atoms with Crippen molar-refractivity contribution in [3.05, 3.63) is 48.8 Å². The first-order valence-electron chi connectivity index (χ1n) is 9.74. The Labute approximate surface area is 163 Å². The highest BCUT2D eigenvalue weighted by molar-refractivity contribution is 7.90. The smallest absolute Gasteiger partial charge is 0.216 e. The van der Waals surface area contributed by atoms with E-state index in [-0.39, 0.29) is 6.04 Å². The number of rotatable bonds is 6. The third-order valence-corrected chi connectivity index (χ3v) is 7.57. The third kappa shape index (κ3) is 5.14. The van der Waals surface area contributed by atoms with Crippen molar-refractivity contribution in [1.29, 1.82) is 0 Å². The van der Waals surface area contributed by atoms with Gasteiger partial charge in [-0.3, -0.25) is 0 Å². The monoisotopic (exact) mass is 389 g/mol. The number of benzene rings is 1. The third-order valence-electron chi connectivity index (χ3n) is 5.32. The minimum atomic E-state index is -3.26. The van der Waals surface area contributed by atoms with Gasteiger partial charge < -0.3 is 9.88 Å². The second kappa shape index (κ2) is 8.07. The summed E-state index contributed by atoms with van der Waals surface area (Å²) in [5, 5.41) is 3.55. The zero-order valence-electron chi connectivity index (χ0n) is 16.5. The Bertz CT molecular complexity index is 831. The van der Waals surface area contributed by atoms with Crippen molar-refractivity contribution in [2.45, 2.75) is 57.2 Å². The Morgan fingerprint density at radius 1 is 1.04 bits per heavy atom. The van der Waals surface area contributed by atoms with Gasteiger partial charge in [0, 0.05) is 36.4 Å². The first-order valence-corrected chi connectivity index (χ1v) is 11.2. The van der Waals surface area contributed by atoms with Gasteiger partial charge in [-0.05, 0) is 82.7 Å². The van der Waals surface area contributed by atoms with Gasteiger partial charge in [-0.25, -0.2) is 13.1 Å². The Kier molecular flexibility index (Phi) is 5.96. The van der Waals surface area contributed by atoms with Crippen LogP contribution in [0.25, 0.3) is 5.69 Å². The largest absolute Gasteiger partial charge is 0.385 e. The van der Waals surface area contributed by atoms with Crippen molar-refractivity contribution >= 4 is 15.7 Å². The fourth-order valence-corrected chi connectivity index (χ4v) is 4.45. The summed E-state index contributed by atoms with van der Waals surface area (Å²) in [5.41, 5.74) is 2.27. The lowest BCUT2D eigenvalue weighted by Crippen LogP contribution is -2.46. The highest BCUT2D eigenvalue weighted by Crippen LogP contribution is 2.27. The molecule has 0 atom stereocenters. The van der Waals surface area contributed by atoms with Crippen LogP contribution in [0, 0.1) is 5.92 Å². The lowest BCUT2D eigenvalue weighted by Gasteiger charge is -2.31. The molecule has 148 valence electrons. The molecule has 2 aromatic rings. The molecule has 1 aliphatic carbocycles. The van der Waals surface area contributed by atoms with Crippen LogP contribution in [-0.2, 0) is 10.0 Å². The molecule has 1 aromatic carbocycles. The lowest BCUT2D eigenvalue weighted by atomic mass is 9.86. The molecule has 0 aliphatic heterocycles. The molecule has 0 spiro atoms. The molecular weight excluding hydrogens is 358 g/mol. The van der Waals surface area contributed by atoms with Gasteiger partial charge in [0.25, 0.3) is 0 Å². The van der Waals surface area contributed by atoms with Gasteiger partial charge in [0.1, 0.15) is 0 Å². The first kappa shape index (κ1) is 20.0. The summed E-state index contributed by atoms with van der Waals surface area (Å²) in [4.78, 5) is 0. The van der Waals surface area contributed by atoms with Crippen LogP contribution in [0.3, 0.4) is 0 Å². The van der Waals surface area contributed by atoms with E-state index in [0.717, 1.165) is 43.6 Å². The van der Waals surface area contributed by atoms with E-state index >= 15 is 0 Å². The zero-order chi connectivity index (χ0) is 19.5. The Morgan fingerprint density at radius 2 is 1.70 bits per heavy atom. The normalized spacial score (nSPS) is 21.1. The zero-order valence-corrected chi connectivity index (χ0v) is 17.3. The summed E-state index contributed by atoms with van der Waals surface area (Å²) in [6.07, 6.45) is 7.98. The van der Waals surface area contributed by atoms with Gasteiger partial charge in [0.05, 0.1) is 4.75 Å². The van der Waals surface area contributed by atoms with Crippen molar-refractivity contribution in [3.63, 3.8) is 0 Å². The summed E-state index contributed by atoms with van der Waals surface area (Å²) >= 11 is 0. The van der Waals surface area contributed by atoms with Gasteiger partial charge in [-0.2, -0.15) is 0 Å². The molecule has 6 heteroatoms. The van der Waals surface area contributed by atoms with Gasteiger partial charge in [-0.1, -0.05) is 6.07 Å². The summed E-state index contributed by atoms with van der Waals surface area (Å²) < 4.78 is 28.9. The molecular formula is C21H31N3O2S. The van der Waals surface area contributed by atoms with E-state index in [2.05, 4.69) is 38.9 Å². The number of aromatic nitrogens is 1. The molecule has 1 heterocycles. The van der Waals surface area contributed by atoms with E-state index in [1.54, 1.807) is 20.8 Å². The topological polar surface area (TPSA) is 63.1 Å². The summed E-state index contributed by atoms with van der Waals surface area (Å²) in [5.74, 6) is 0.579. The minimum absolute atomic E-state index is 0.0718. The van der Waals surface area contributed by atoms with E-state index < -0.39 is 14.8 Å². The quantitative estimate of drug-likeness (QED) is 0.779. The molecule has 1 fully saturated rings. The fraction of sp³-hybridized carbons (Fsp3) is 0.524. The molecule has 0 bridgehead atoms. The summed E-state index contributed by atoms with van der Waals surface area (Å²) in [7, 11) is -3.26. The number of anilines is 1. The SMILES string of the molecule is CC(C)(C)S(=O)(=O)NC1CCC(CNc2cccc(-n3cccc3)c2)CC1. The van der Waals surface area contributed by atoms with Gasteiger partial charge in [0.15, 0.2) is 0 Å². The minimum Gasteiger partial charge on any atom is -0.385 e. The standard InChI is InChI=1S/C21H31N3O2S/c1-21(2,3)27(25,26)23-18-11-9-17(10-12-18)16-22-19-7-6-8-20(15-19)24-13-4-5-14-24/h4-8,13-15,17-18,22-23H,9-12,16H2,1-3H3. The number of hydrogen-bond donors (Lipinski definition) is 2. The van der Waals surface area contributed by atoms with Crippen LogP contribution in [0.5, 0.6) is 0 Å². The maximum absolute atomic E-state index is 12.3. The van der Waals surface area contributed by atoms with Gasteiger partial charge >= 0.3 is 0 Å². The Balaban J connectivity index is 1.48. The molecule has 1 aromatic heterocycles. The van der Waals surface area contributed by atoms with Gasteiger partial charge in [0.2, 0.25) is 10.0 Å². The Hall–Kier alpha value is -1.79. The predicted octanol–water partition coefficient (Wildman–Crippen LogP) is 4.17. The van der Waals surface area contributed by atoms with Crippen molar-refractivity contribution in [3.8, 4) is 5.69 Å². The molecule has 3 rings (SSSR count). The Morgan fingerprint density at radius 3 is 2.33 bits per heavy atom. The van der Waals surface area contributed by atoms with E-state index in [4.69, 9.17) is 0 Å². The van der Waals surface area contributed by atoms with Crippen LogP contribution in [0.15, 0.2) is 48.8 Å². The van der Waals surface area contributed by atoms with Crippen LogP contribution in [-0.4, -0.2) is 30.3 Å². The number of nitrogens with zero attached hydrogens (tertiary/aromatic N) is 1. The van der Waals surface area contributed by atoms with Crippen LogP contribution in [0.2, 0.25) is 0 Å². The van der Waals surface area contributed by atoms with E-state index in [0.29, 0.717) is 5.92 Å². The van der Waals surface area contributed by atoms with Gasteiger partial charge in [-0.15, -0.1) is 0 Å². The maximum atomic E-state index is 12.3. The van der Waals surface area contributed by atoms with Crippen LogP contribution in [0.1, 0.15) is 46.5 Å². The molecule has 5 nitrogen and oxygen atoms in total. The highest BCUT2D eigenvalue weighted by atomic mass is 32.2. The van der Waals surface area contributed by atoms with E-state index in [9.17, 15) is 8.42 Å². The molecule has 2 N–H and O–H groups in total. The number of hydrogen-bond acceptors (Lipinski definition) is 3. The van der Waals surface area contributed by atoms with Crippen LogP contribution < -0.4 is 10.0 Å². The molecule has 0 saturated heterocycles. The molecule has 0 unspecified atom stereocenters. The number of nitrogens with one attached hydrogen (secondary N) is 2. The van der Waals surface area contributed by atoms with Crippen molar-refractivity contribution in [2.75, 3.05) is 11.9 Å². The average Bonchev–Trinajstić information content (AvgIpc) is 3.15. The molecule has 1 saturated carbocycles. The second-order valence-corrected chi connectivity index (χ2v) is 10.9. The van der Waals surface area contributed by atoms with Crippen molar-refractivity contribution in [1.82, 2.24) is 9.29 Å². The lowest BCUT2D eigenvalue weighted by molar-refractivity contribution is 0.322. The molecule has 1 aliphatic rings. The average molecular weight is 390 g/mol. The summed E-state index contributed by atoms with van der Waals surface area (Å²) in [6.45, 7) is 6.15. The summed E-state index contributed by atoms with van der Waals surface area (Å²) in [6, 6.07) is 12.5. The fourth-order valence-electron chi connectivity index (χ4n) is 3.43. The van der Waals surface area contributed by atoms with Crippen molar-refractivity contribution < 1.29 is 8.42 Å². The predicted molar refractivity (Wildman–Crippen MR) is 112 cm³/mol. The van der Waals surface area contributed by atoms with Crippen LogP contribution >= 0.6 is 0 Å². The molecule has 0 amide bonds. The highest BCUT2D eigenvalue weighted by Gasteiger charge is 2.32. The van der Waals surface area contributed by atoms with Crippen molar-refractivity contribution in [2.24, 2.45) is 5.92 Å². The van der Waals surface area contributed by atoms with E-state index in [1.807, 2.05) is 24.5 Å². The maximum Gasteiger partial charge on any atom is 0.216 e. The number of sulfonamides is 1.